The average Bonchev–Trinajstić information content (AvgIpc) is 4.13. The van der Waals surface area contributed by atoms with Gasteiger partial charge in [0.2, 0.25) is 11.8 Å². The summed E-state index contributed by atoms with van der Waals surface area (Å²) < 4.78 is 9.48. The van der Waals surface area contributed by atoms with Crippen LogP contribution in [-0.4, -0.2) is 92.6 Å². The summed E-state index contributed by atoms with van der Waals surface area (Å²) in [5, 5.41) is 16.8. The predicted octanol–water partition coefficient (Wildman–Crippen LogP) is 7.02. The Labute approximate surface area is 347 Å². The third-order valence-electron chi connectivity index (χ3n) is 12.3. The van der Waals surface area contributed by atoms with Crippen LogP contribution in [0.15, 0.2) is 73.1 Å². The summed E-state index contributed by atoms with van der Waals surface area (Å²) in [6, 6.07) is 20.8. The highest BCUT2D eigenvalue weighted by molar-refractivity contribution is 5.91. The van der Waals surface area contributed by atoms with Gasteiger partial charge in [-0.3, -0.25) is 9.59 Å². The highest BCUT2D eigenvalue weighted by atomic mass is 16.5. The number of H-pyrrole nitrogens is 2. The zero-order chi connectivity index (χ0) is 42.1. The molecule has 8 rings (SSSR count). The van der Waals surface area contributed by atoms with E-state index in [4.69, 9.17) is 14.5 Å². The smallest absolute Gasteiger partial charge is 0.407 e. The van der Waals surface area contributed by atoms with Crippen molar-refractivity contribution in [1.82, 2.24) is 40.4 Å². The van der Waals surface area contributed by atoms with Crippen molar-refractivity contribution in [3.8, 4) is 39.7 Å². The molecule has 6 atom stereocenters. The van der Waals surface area contributed by atoms with Gasteiger partial charge >= 0.3 is 12.2 Å². The number of hydrogen-bond donors (Lipinski definition) is 4. The Bertz CT molecular complexity index is 2450. The number of piperidine rings is 1. The third-order valence-corrected chi connectivity index (χ3v) is 12.3. The Morgan fingerprint density at radius 2 is 1.42 bits per heavy atom. The number of likely N-dealkylation sites (tertiary alicyclic amines) is 2. The fraction of sp³-hybridized carbons (Fsp3) is 0.400. The van der Waals surface area contributed by atoms with Crippen molar-refractivity contribution in [2.24, 2.45) is 11.8 Å². The lowest BCUT2D eigenvalue weighted by Crippen LogP contribution is -2.51. The van der Waals surface area contributed by atoms with Crippen molar-refractivity contribution in [2.45, 2.75) is 82.6 Å². The molecule has 3 aliphatic rings. The van der Waals surface area contributed by atoms with Gasteiger partial charge in [0.25, 0.3) is 0 Å². The number of nitriles is 1. The second kappa shape index (κ2) is 16.9. The van der Waals surface area contributed by atoms with Crippen LogP contribution in [0, 0.1) is 23.2 Å². The normalized spacial score (nSPS) is 20.5. The number of aromatic nitrogens is 4. The number of nitrogens with one attached hydrogen (secondary N) is 4. The maximum Gasteiger partial charge on any atom is 0.407 e. The summed E-state index contributed by atoms with van der Waals surface area (Å²) in [7, 11) is 2.52. The van der Waals surface area contributed by atoms with E-state index in [1.807, 2.05) is 29.7 Å². The minimum atomic E-state index is -0.997. The monoisotopic (exact) mass is 811 g/mol. The number of methoxy groups -OCH3 is 2. The number of fused-ring (bicyclic) bond motifs is 3. The first-order chi connectivity index (χ1) is 29.1. The van der Waals surface area contributed by atoms with Gasteiger partial charge < -0.3 is 39.9 Å². The number of rotatable bonds is 11. The summed E-state index contributed by atoms with van der Waals surface area (Å²) in [5.74, 6) is 1.11. The van der Waals surface area contributed by atoms with Gasteiger partial charge in [-0.25, -0.2) is 19.6 Å². The molecule has 5 aromatic rings. The first-order valence-corrected chi connectivity index (χ1v) is 20.5. The Balaban J connectivity index is 0.954. The summed E-state index contributed by atoms with van der Waals surface area (Å²) in [5.41, 5.74) is 5.78. The lowest BCUT2D eigenvalue weighted by atomic mass is 9.97. The number of ether oxygens (including phenoxy) is 2. The Hall–Kier alpha value is -6.69. The van der Waals surface area contributed by atoms with Crippen LogP contribution in [0.1, 0.15) is 76.1 Å². The maximum absolute atomic E-state index is 13.8. The zero-order valence-electron chi connectivity index (χ0n) is 34.1. The van der Waals surface area contributed by atoms with Gasteiger partial charge in [0, 0.05) is 18.2 Å². The lowest BCUT2D eigenvalue weighted by molar-refractivity contribution is -0.138. The molecule has 60 heavy (non-hydrogen) atoms. The van der Waals surface area contributed by atoms with Crippen LogP contribution in [0.25, 0.3) is 44.4 Å². The standard InChI is InChI=1S/C45H49N9O6/c1-25(2)38(52-45(58)60-4)43(56)53-19-5-6-37(53)40-47-23-35(49-40)27-9-7-26(8-10-27)28-11-12-30-21-31(14-13-29(30)20-28)36-24-48-41(50-36)39-32-15-16-33(22-32)54(39)42(55)34(17-18-46)51-44(57)59-3/h7-14,20-21,23-25,32-34,37-39H,5-6,15-17,19,22H2,1-4H3,(H,47,49)(H,48,50)(H,51,57)(H,52,58)/t32-,33+,34-,37-,38-,39-/m0/s1. The van der Waals surface area contributed by atoms with Crippen LogP contribution < -0.4 is 10.6 Å². The van der Waals surface area contributed by atoms with E-state index in [0.29, 0.717) is 12.4 Å². The Kier molecular flexibility index (Phi) is 11.3. The van der Waals surface area contributed by atoms with E-state index in [9.17, 15) is 24.4 Å². The molecule has 2 saturated heterocycles. The molecule has 2 aromatic heterocycles. The van der Waals surface area contributed by atoms with Crippen molar-refractivity contribution in [2.75, 3.05) is 20.8 Å². The van der Waals surface area contributed by atoms with Gasteiger partial charge in [-0.1, -0.05) is 62.4 Å². The molecule has 3 aromatic carbocycles. The molecule has 4 heterocycles. The fourth-order valence-corrected chi connectivity index (χ4v) is 9.24. The summed E-state index contributed by atoms with van der Waals surface area (Å²) in [6.07, 6.45) is 6.42. The summed E-state index contributed by atoms with van der Waals surface area (Å²) in [4.78, 5) is 71.3. The topological polar surface area (TPSA) is 198 Å². The van der Waals surface area contributed by atoms with E-state index in [1.165, 1.54) is 14.2 Å². The molecule has 4 amide bonds. The van der Waals surface area contributed by atoms with Gasteiger partial charge in [0.05, 0.1) is 62.6 Å². The van der Waals surface area contributed by atoms with Gasteiger partial charge in [-0.15, -0.1) is 0 Å². The molecular weight excluding hydrogens is 763 g/mol. The minimum Gasteiger partial charge on any atom is -0.453 e. The largest absolute Gasteiger partial charge is 0.453 e. The molecule has 3 fully saturated rings. The van der Waals surface area contributed by atoms with Crippen molar-refractivity contribution in [3.05, 3.63) is 84.7 Å². The van der Waals surface area contributed by atoms with Crippen molar-refractivity contribution in [3.63, 3.8) is 0 Å². The van der Waals surface area contributed by atoms with Crippen molar-refractivity contribution in [1.29, 1.82) is 5.26 Å². The molecule has 0 unspecified atom stereocenters. The molecule has 0 spiro atoms. The van der Waals surface area contributed by atoms with E-state index in [1.54, 1.807) is 12.4 Å². The second-order valence-electron chi connectivity index (χ2n) is 16.2. The molecule has 15 heteroatoms. The number of imidazole rings is 2. The highest BCUT2D eigenvalue weighted by Gasteiger charge is 2.51. The van der Waals surface area contributed by atoms with Crippen molar-refractivity contribution < 1.29 is 28.7 Å². The average molecular weight is 812 g/mol. The SMILES string of the molecule is COC(=O)N[C@@H](CC#N)C(=O)N1[C@@H]2CC[C@@H](C2)[C@H]1c1ncc(-c2ccc3cc(-c4ccc(-c5cnc([C@@H]6CCCN6C(=O)[C@@H](NC(=O)OC)C(C)C)[nH]5)cc4)ccc3c2)[nH]1. The fourth-order valence-electron chi connectivity index (χ4n) is 9.24. The minimum absolute atomic E-state index is 0.0283. The van der Waals surface area contributed by atoms with E-state index in [-0.39, 0.29) is 48.2 Å². The molecule has 4 N–H and O–H groups in total. The maximum atomic E-state index is 13.8. The van der Waals surface area contributed by atoms with E-state index < -0.39 is 24.3 Å². The highest BCUT2D eigenvalue weighted by Crippen LogP contribution is 2.50. The number of amides is 4. The number of alkyl carbamates (subject to hydrolysis) is 2. The van der Waals surface area contributed by atoms with Crippen LogP contribution in [-0.2, 0) is 19.1 Å². The van der Waals surface area contributed by atoms with Gasteiger partial charge in [0.1, 0.15) is 23.7 Å². The van der Waals surface area contributed by atoms with Crippen LogP contribution in [0.5, 0.6) is 0 Å². The number of hydrogen-bond acceptors (Lipinski definition) is 9. The van der Waals surface area contributed by atoms with Gasteiger partial charge in [0.15, 0.2) is 0 Å². The molecule has 15 nitrogen and oxygen atoms in total. The molecule has 310 valence electrons. The van der Waals surface area contributed by atoms with Crippen LogP contribution in [0.4, 0.5) is 9.59 Å². The van der Waals surface area contributed by atoms with Crippen LogP contribution in [0.3, 0.4) is 0 Å². The quantitative estimate of drug-likeness (QED) is 0.108. The predicted molar refractivity (Wildman–Crippen MR) is 223 cm³/mol. The van der Waals surface area contributed by atoms with E-state index in [0.717, 1.165) is 82.3 Å². The summed E-state index contributed by atoms with van der Waals surface area (Å²) >= 11 is 0. The van der Waals surface area contributed by atoms with Crippen LogP contribution >= 0.6 is 0 Å². The van der Waals surface area contributed by atoms with Crippen LogP contribution in [0.2, 0.25) is 0 Å². The first-order valence-electron chi connectivity index (χ1n) is 20.5. The number of nitrogens with zero attached hydrogens (tertiary/aromatic N) is 5. The number of carbonyl (C=O) groups excluding carboxylic acids is 4. The summed E-state index contributed by atoms with van der Waals surface area (Å²) in [6.45, 7) is 4.39. The molecule has 1 saturated carbocycles. The first kappa shape index (κ1) is 40.1. The number of aromatic amines is 2. The number of carbonyl (C=O) groups is 4. The van der Waals surface area contributed by atoms with Gasteiger partial charge in [-0.2, -0.15) is 5.26 Å². The zero-order valence-corrected chi connectivity index (χ0v) is 34.1. The lowest BCUT2D eigenvalue weighted by Gasteiger charge is -2.36. The molecule has 2 aliphatic heterocycles. The number of benzene rings is 3. The Morgan fingerprint density at radius 1 is 0.800 bits per heavy atom. The Morgan fingerprint density at radius 3 is 2.12 bits per heavy atom. The second-order valence-corrected chi connectivity index (χ2v) is 16.2. The molecule has 0 radical (unpaired) electrons. The third kappa shape index (κ3) is 7.77. The molecule has 2 bridgehead atoms. The van der Waals surface area contributed by atoms with Gasteiger partial charge in [-0.05, 0) is 83.5 Å². The van der Waals surface area contributed by atoms with E-state index in [2.05, 4.69) is 86.2 Å². The molecule has 1 aliphatic carbocycles. The van der Waals surface area contributed by atoms with E-state index >= 15 is 0 Å². The molecular formula is C45H49N9O6. The van der Waals surface area contributed by atoms with Crippen molar-refractivity contribution >= 4 is 34.8 Å².